The minimum Gasteiger partial charge on any atom is -0.507 e. The molecule has 0 radical (unpaired) electrons. The summed E-state index contributed by atoms with van der Waals surface area (Å²) in [6, 6.07) is 38.4. The number of phenolic OH excluding ortho intramolecular Hbond substituents is 1. The van der Waals surface area contributed by atoms with Crippen LogP contribution in [0, 0.1) is 6.07 Å². The van der Waals surface area contributed by atoms with E-state index in [-0.39, 0.29) is 54.9 Å². The number of para-hydroxylation sites is 2. The molecule has 3 heterocycles. The van der Waals surface area contributed by atoms with Gasteiger partial charge < -0.3 is 9.67 Å². The van der Waals surface area contributed by atoms with Gasteiger partial charge in [-0.3, -0.25) is 15.0 Å². The van der Waals surface area contributed by atoms with Crippen LogP contribution in [0.1, 0.15) is 130 Å². The van der Waals surface area contributed by atoms with Crippen LogP contribution in [0.2, 0.25) is 0 Å². The average Bonchev–Trinajstić information content (AvgIpc) is 3.58. The second-order valence-corrected chi connectivity index (χ2v) is 20.3. The van der Waals surface area contributed by atoms with E-state index < -0.39 is 0 Å². The van der Waals surface area contributed by atoms with Crippen molar-refractivity contribution in [3.8, 4) is 45.2 Å². The molecule has 0 spiro atoms. The third-order valence-electron chi connectivity index (χ3n) is 11.9. The van der Waals surface area contributed by atoms with Crippen LogP contribution < -0.4 is 0 Å². The van der Waals surface area contributed by atoms with Crippen molar-refractivity contribution in [1.82, 2.24) is 19.5 Å². The molecule has 5 nitrogen and oxygen atoms in total. The van der Waals surface area contributed by atoms with Crippen LogP contribution in [0.15, 0.2) is 103 Å². The van der Waals surface area contributed by atoms with Gasteiger partial charge in [0, 0.05) is 49.6 Å². The van der Waals surface area contributed by atoms with Crippen LogP contribution in [0.5, 0.6) is 5.75 Å². The van der Waals surface area contributed by atoms with E-state index in [2.05, 4.69) is 198 Å². The van der Waals surface area contributed by atoms with Gasteiger partial charge in [0.05, 0.1) is 33.3 Å². The van der Waals surface area contributed by atoms with Crippen molar-refractivity contribution in [3.05, 3.63) is 137 Å². The Bertz CT molecular complexity index is 2910. The smallest absolute Gasteiger partial charge is 0.130 e. The molecule has 0 unspecified atom stereocenters. The van der Waals surface area contributed by atoms with E-state index in [0.29, 0.717) is 5.39 Å². The quantitative estimate of drug-likeness (QED) is 0.133. The maximum absolute atomic E-state index is 12.2. The van der Waals surface area contributed by atoms with Crippen LogP contribution in [0.4, 0.5) is 0 Å². The molecule has 61 heavy (non-hydrogen) atoms. The Morgan fingerprint density at radius 2 is 1.18 bits per heavy atom. The molecular weight excluding hydrogens is 928 g/mol. The normalized spacial score (nSPS) is 12.6. The summed E-state index contributed by atoms with van der Waals surface area (Å²) in [5.41, 5.74) is 14.6. The number of fused-ring (bicyclic) bond motifs is 4. The molecule has 0 saturated carbocycles. The molecule has 0 bridgehead atoms. The number of hydrogen-bond donors (Lipinski definition) is 1. The zero-order chi connectivity index (χ0) is 43.1. The van der Waals surface area contributed by atoms with E-state index in [0.717, 1.165) is 66.8 Å². The first-order valence-electron chi connectivity index (χ1n) is 21.5. The summed E-state index contributed by atoms with van der Waals surface area (Å²) in [7, 11) is 0. The number of hydrogen-bond acceptors (Lipinski definition) is 4. The maximum Gasteiger partial charge on any atom is 0.130 e. The van der Waals surface area contributed by atoms with Crippen molar-refractivity contribution in [3.63, 3.8) is 0 Å². The first-order chi connectivity index (χ1) is 28.2. The number of pyridine rings is 2. The summed E-state index contributed by atoms with van der Waals surface area (Å²) in [6.45, 7) is 28.9. The van der Waals surface area contributed by atoms with E-state index in [1.165, 1.54) is 27.9 Å². The number of phenols is 1. The van der Waals surface area contributed by atoms with Gasteiger partial charge in [0.15, 0.2) is 0 Å². The molecule has 8 aromatic rings. The van der Waals surface area contributed by atoms with E-state index in [9.17, 15) is 5.11 Å². The van der Waals surface area contributed by atoms with Crippen LogP contribution in [0.25, 0.3) is 72.3 Å². The molecule has 1 N–H and O–H groups in total. The number of aromatic nitrogens is 4. The molecule has 0 aliphatic heterocycles. The van der Waals surface area contributed by atoms with Crippen molar-refractivity contribution >= 4 is 32.8 Å². The number of rotatable bonds is 6. The largest absolute Gasteiger partial charge is 0.507 e. The molecule has 0 amide bonds. The van der Waals surface area contributed by atoms with Gasteiger partial charge in [0.25, 0.3) is 0 Å². The predicted octanol–water partition coefficient (Wildman–Crippen LogP) is 14.8. The second kappa shape index (κ2) is 16.0. The first-order valence-corrected chi connectivity index (χ1v) is 21.5. The van der Waals surface area contributed by atoms with Gasteiger partial charge in [-0.2, -0.15) is 0 Å². The van der Waals surface area contributed by atoms with E-state index >= 15 is 0 Å². The SMILES string of the molecule is CC(C)c1cc(-c2ccccc2)cc(C(C)C)c1-n1c(-c2[c-]c(-c3cc(C(C)(C)C)c4cnc5c(C(C)(C)C)cc(C(C)(C)C)c(O)c5c4n3)ccc2)nc2ccccc21.[Pt]. The molecule has 6 heteroatoms. The van der Waals surface area contributed by atoms with Gasteiger partial charge in [-0.1, -0.05) is 150 Å². The molecule has 0 aliphatic carbocycles. The summed E-state index contributed by atoms with van der Waals surface area (Å²) in [6.07, 6.45) is 1.96. The average molecular weight is 987 g/mol. The van der Waals surface area contributed by atoms with E-state index in [1.54, 1.807) is 0 Å². The van der Waals surface area contributed by atoms with Gasteiger partial charge in [-0.15, -0.1) is 24.3 Å². The number of imidazole rings is 1. The zero-order valence-electron chi connectivity index (χ0n) is 38.0. The fraction of sp³-hybridized carbons (Fsp3) is 0.327. The Morgan fingerprint density at radius 1 is 0.590 bits per heavy atom. The van der Waals surface area contributed by atoms with Gasteiger partial charge >= 0.3 is 0 Å². The Hall–Kier alpha value is -5.12. The standard InChI is InChI=1S/C55H59N4O.Pt/c1-32(2)38-27-37(34-20-15-14-16-21-34)28-39(33(3)4)50(38)59-46-25-18-17-24-44(46)58-52(59)36-23-19-22-35(26-36)45-30-41(53(5,6)7)40-31-56-49-42(54(8,9)10)29-43(55(11,12)13)51(60)47(49)48(40)57-45;/h14-25,27-33,60H,1-13H3;/q-1;. The summed E-state index contributed by atoms with van der Waals surface area (Å²) < 4.78 is 2.37. The van der Waals surface area contributed by atoms with Crippen molar-refractivity contribution < 1.29 is 26.2 Å². The molecule has 0 saturated heterocycles. The van der Waals surface area contributed by atoms with Crippen molar-refractivity contribution in [2.45, 2.75) is 118 Å². The third-order valence-corrected chi connectivity index (χ3v) is 11.9. The molecule has 0 atom stereocenters. The number of benzene rings is 5. The monoisotopic (exact) mass is 986 g/mol. The Balaban J connectivity index is 0.00000561. The Morgan fingerprint density at radius 3 is 1.79 bits per heavy atom. The third kappa shape index (κ3) is 7.96. The fourth-order valence-electron chi connectivity index (χ4n) is 8.73. The Labute approximate surface area is 377 Å². The van der Waals surface area contributed by atoms with Crippen LogP contribution >= 0.6 is 0 Å². The predicted molar refractivity (Wildman–Crippen MR) is 253 cm³/mol. The van der Waals surface area contributed by atoms with E-state index in [4.69, 9.17) is 15.0 Å². The Kier molecular flexibility index (Phi) is 11.5. The molecule has 5 aromatic carbocycles. The van der Waals surface area contributed by atoms with Crippen molar-refractivity contribution in [1.29, 1.82) is 0 Å². The summed E-state index contributed by atoms with van der Waals surface area (Å²) in [4.78, 5) is 15.9. The molecule has 3 aromatic heterocycles. The van der Waals surface area contributed by atoms with E-state index in [1.807, 2.05) is 6.20 Å². The molecule has 8 rings (SSSR count). The van der Waals surface area contributed by atoms with Gasteiger partial charge in [0.1, 0.15) is 5.75 Å². The molecule has 0 fully saturated rings. The van der Waals surface area contributed by atoms with Gasteiger partial charge in [0.2, 0.25) is 0 Å². The minimum atomic E-state index is -0.300. The number of nitrogens with zero attached hydrogens (tertiary/aromatic N) is 4. The summed E-state index contributed by atoms with van der Waals surface area (Å²) in [5.74, 6) is 1.59. The van der Waals surface area contributed by atoms with Crippen molar-refractivity contribution in [2.24, 2.45) is 0 Å². The minimum absolute atomic E-state index is 0. The molecule has 0 aliphatic rings. The van der Waals surface area contributed by atoms with Crippen molar-refractivity contribution in [2.75, 3.05) is 0 Å². The zero-order valence-corrected chi connectivity index (χ0v) is 40.3. The molecular formula is C55H59N4OPt-. The maximum atomic E-state index is 12.2. The van der Waals surface area contributed by atoms with Crippen LogP contribution in [-0.4, -0.2) is 24.6 Å². The summed E-state index contributed by atoms with van der Waals surface area (Å²) in [5, 5.41) is 13.9. The van der Waals surface area contributed by atoms with Gasteiger partial charge in [-0.05, 0) is 91.8 Å². The van der Waals surface area contributed by atoms with Crippen LogP contribution in [0.3, 0.4) is 0 Å². The second-order valence-electron chi connectivity index (χ2n) is 20.3. The first kappa shape index (κ1) is 44.0. The fourth-order valence-corrected chi connectivity index (χ4v) is 8.73. The van der Waals surface area contributed by atoms with Crippen LogP contribution in [-0.2, 0) is 37.3 Å². The molecule has 316 valence electrons. The van der Waals surface area contributed by atoms with Gasteiger partial charge in [-0.25, -0.2) is 0 Å². The number of aromatic hydroxyl groups is 1. The topological polar surface area (TPSA) is 63.8 Å². The summed E-state index contributed by atoms with van der Waals surface area (Å²) >= 11 is 0.